The van der Waals surface area contributed by atoms with Crippen molar-refractivity contribution in [1.82, 2.24) is 14.7 Å². The molecular weight excluding hydrogens is 454 g/mol. The first-order valence-electron chi connectivity index (χ1n) is 10.4. The highest BCUT2D eigenvalue weighted by Crippen LogP contribution is 2.32. The van der Waals surface area contributed by atoms with Crippen molar-refractivity contribution >= 4 is 46.7 Å². The fourth-order valence-corrected chi connectivity index (χ4v) is 4.35. The van der Waals surface area contributed by atoms with E-state index in [4.69, 9.17) is 16.3 Å². The lowest BCUT2D eigenvalue weighted by molar-refractivity contribution is -0.123. The fraction of sp³-hybridized carbons (Fsp3) is 0.500. The summed E-state index contributed by atoms with van der Waals surface area (Å²) in [6.07, 6.45) is 0.415. The molecule has 2 aliphatic heterocycles. The quantitative estimate of drug-likeness (QED) is 0.645. The number of aliphatic hydroxyl groups is 1. The molecule has 0 spiro atoms. The summed E-state index contributed by atoms with van der Waals surface area (Å²) in [4.78, 5) is 42.2. The van der Waals surface area contributed by atoms with E-state index in [-0.39, 0.29) is 12.6 Å². The Kier molecular flexibility index (Phi) is 7.87. The van der Waals surface area contributed by atoms with Crippen molar-refractivity contribution in [3.8, 4) is 0 Å². The fourth-order valence-electron chi connectivity index (χ4n) is 3.37. The van der Waals surface area contributed by atoms with E-state index in [1.54, 1.807) is 35.2 Å². The average Bonchev–Trinajstić information content (AvgIpc) is 2.96. The van der Waals surface area contributed by atoms with Gasteiger partial charge < -0.3 is 14.7 Å². The summed E-state index contributed by atoms with van der Waals surface area (Å²) in [5, 5.41) is 10.7. The maximum Gasteiger partial charge on any atom is 0.410 e. The van der Waals surface area contributed by atoms with Crippen LogP contribution >= 0.6 is 23.4 Å². The number of hydrogen-bond acceptors (Lipinski definition) is 7. The molecule has 0 aromatic heterocycles. The maximum atomic E-state index is 12.7. The van der Waals surface area contributed by atoms with Gasteiger partial charge in [-0.1, -0.05) is 23.7 Å². The smallest absolute Gasteiger partial charge is 0.410 e. The zero-order chi connectivity index (χ0) is 23.5. The Labute approximate surface area is 197 Å². The number of hydrogen-bond donors (Lipinski definition) is 1. The molecule has 0 saturated carbocycles. The van der Waals surface area contributed by atoms with Gasteiger partial charge in [-0.3, -0.25) is 19.4 Å². The Morgan fingerprint density at radius 1 is 1.16 bits per heavy atom. The minimum absolute atomic E-state index is 0.0745. The molecule has 2 fully saturated rings. The summed E-state index contributed by atoms with van der Waals surface area (Å²) in [5.41, 5.74) is 0.223. The van der Waals surface area contributed by atoms with Crippen LogP contribution in [0.25, 0.3) is 6.08 Å². The lowest BCUT2D eigenvalue weighted by atomic mass is 10.2. The molecule has 0 radical (unpaired) electrons. The summed E-state index contributed by atoms with van der Waals surface area (Å²) in [5.74, 6) is -0.413. The van der Waals surface area contributed by atoms with Crippen molar-refractivity contribution in [2.75, 3.05) is 39.3 Å². The van der Waals surface area contributed by atoms with Crippen molar-refractivity contribution < 1.29 is 24.2 Å². The Hall–Kier alpha value is -2.07. The van der Waals surface area contributed by atoms with Crippen LogP contribution in [0.2, 0.25) is 5.02 Å². The van der Waals surface area contributed by atoms with Crippen LogP contribution in [-0.4, -0.2) is 88.0 Å². The summed E-state index contributed by atoms with van der Waals surface area (Å²) < 4.78 is 5.39. The second-order valence-corrected chi connectivity index (χ2v) is 10.2. The first-order chi connectivity index (χ1) is 15.0. The molecule has 174 valence electrons. The Bertz CT molecular complexity index is 892. The number of rotatable bonds is 5. The molecule has 1 N–H and O–H groups in total. The molecule has 8 nitrogen and oxygen atoms in total. The van der Waals surface area contributed by atoms with Gasteiger partial charge in [-0.15, -0.1) is 0 Å². The minimum Gasteiger partial charge on any atom is -0.444 e. The Balaban J connectivity index is 1.49. The average molecular weight is 482 g/mol. The number of amides is 3. The van der Waals surface area contributed by atoms with Crippen LogP contribution < -0.4 is 0 Å². The molecule has 1 aromatic carbocycles. The largest absolute Gasteiger partial charge is 0.444 e. The Morgan fingerprint density at radius 2 is 1.78 bits per heavy atom. The van der Waals surface area contributed by atoms with E-state index in [0.717, 1.165) is 22.2 Å². The number of aliphatic hydroxyl groups excluding tert-OH is 1. The molecular formula is C22H28ClN3O5S. The van der Waals surface area contributed by atoms with Gasteiger partial charge in [0, 0.05) is 37.7 Å². The van der Waals surface area contributed by atoms with Gasteiger partial charge in [0.15, 0.2) is 0 Å². The third-order valence-corrected chi connectivity index (χ3v) is 6.09. The number of imide groups is 1. The number of nitrogens with zero attached hydrogens (tertiary/aromatic N) is 3. The number of ether oxygens (including phenoxy) is 1. The number of benzene rings is 1. The second-order valence-electron chi connectivity index (χ2n) is 8.77. The monoisotopic (exact) mass is 481 g/mol. The van der Waals surface area contributed by atoms with Crippen molar-refractivity contribution in [2.45, 2.75) is 32.5 Å². The third kappa shape index (κ3) is 6.71. The van der Waals surface area contributed by atoms with E-state index < -0.39 is 22.9 Å². The Morgan fingerprint density at radius 3 is 2.38 bits per heavy atom. The van der Waals surface area contributed by atoms with E-state index in [1.807, 2.05) is 25.7 Å². The van der Waals surface area contributed by atoms with Crippen LogP contribution in [0.3, 0.4) is 0 Å². The van der Waals surface area contributed by atoms with Crippen LogP contribution in [-0.2, 0) is 9.53 Å². The molecule has 10 heteroatoms. The molecule has 2 aliphatic rings. The number of carbonyl (C=O) groups excluding carboxylic acids is 3. The van der Waals surface area contributed by atoms with Gasteiger partial charge in [0.05, 0.1) is 17.6 Å². The molecule has 3 amide bonds. The zero-order valence-corrected chi connectivity index (χ0v) is 20.0. The third-order valence-electron chi connectivity index (χ3n) is 4.93. The molecule has 1 aromatic rings. The normalized spacial score (nSPS) is 20.2. The molecule has 2 saturated heterocycles. The van der Waals surface area contributed by atoms with Gasteiger partial charge in [0.25, 0.3) is 11.1 Å². The number of β-amino-alcohol motifs (C(OH)–C–C–N with tert-alkyl or cyclic N) is 1. The molecule has 0 bridgehead atoms. The standard InChI is InChI=1S/C22H28ClN3O5S/c1-22(2,3)31-20(29)25-10-8-24(9-11-25)13-17(27)14-26-19(28)18(32-21(26)30)12-15-4-6-16(23)7-5-15/h4-7,12,17,27H,8-11,13-14H2,1-3H3. The topological polar surface area (TPSA) is 90.4 Å². The van der Waals surface area contributed by atoms with Gasteiger partial charge in [-0.2, -0.15) is 0 Å². The number of carbonyl (C=O) groups is 3. The molecule has 3 rings (SSSR count). The van der Waals surface area contributed by atoms with E-state index >= 15 is 0 Å². The second kappa shape index (κ2) is 10.2. The van der Waals surface area contributed by atoms with Crippen LogP contribution in [0, 0.1) is 0 Å². The van der Waals surface area contributed by atoms with Crippen LogP contribution in [0.1, 0.15) is 26.3 Å². The van der Waals surface area contributed by atoms with Crippen molar-refractivity contribution in [1.29, 1.82) is 0 Å². The summed E-state index contributed by atoms with van der Waals surface area (Å²) in [6, 6.07) is 6.96. The lowest BCUT2D eigenvalue weighted by Crippen LogP contribution is -2.52. The first-order valence-corrected chi connectivity index (χ1v) is 11.6. The molecule has 1 atom stereocenters. The van der Waals surface area contributed by atoms with Gasteiger partial charge in [-0.05, 0) is 56.3 Å². The van der Waals surface area contributed by atoms with Crippen LogP contribution in [0.4, 0.5) is 9.59 Å². The summed E-state index contributed by atoms with van der Waals surface area (Å²) in [6.45, 7) is 7.85. The summed E-state index contributed by atoms with van der Waals surface area (Å²) >= 11 is 6.74. The first kappa shape index (κ1) is 24.6. The van der Waals surface area contributed by atoms with Gasteiger partial charge in [0.2, 0.25) is 0 Å². The minimum atomic E-state index is -0.883. The van der Waals surface area contributed by atoms with E-state index in [0.29, 0.717) is 42.7 Å². The predicted molar refractivity (Wildman–Crippen MR) is 124 cm³/mol. The highest BCUT2D eigenvalue weighted by molar-refractivity contribution is 8.18. The SMILES string of the molecule is CC(C)(C)OC(=O)N1CCN(CC(O)CN2C(=O)SC(=Cc3ccc(Cl)cc3)C2=O)CC1. The van der Waals surface area contributed by atoms with E-state index in [2.05, 4.69) is 0 Å². The van der Waals surface area contributed by atoms with E-state index in [1.165, 1.54) is 0 Å². The highest BCUT2D eigenvalue weighted by Gasteiger charge is 2.36. The number of piperazine rings is 1. The van der Waals surface area contributed by atoms with Crippen molar-refractivity contribution in [3.05, 3.63) is 39.8 Å². The van der Waals surface area contributed by atoms with Crippen molar-refractivity contribution in [2.24, 2.45) is 0 Å². The molecule has 32 heavy (non-hydrogen) atoms. The van der Waals surface area contributed by atoms with Gasteiger partial charge >= 0.3 is 6.09 Å². The zero-order valence-electron chi connectivity index (χ0n) is 18.4. The number of halogens is 1. The predicted octanol–water partition coefficient (Wildman–Crippen LogP) is 3.29. The van der Waals surface area contributed by atoms with Crippen LogP contribution in [0.5, 0.6) is 0 Å². The molecule has 1 unspecified atom stereocenters. The molecule has 0 aliphatic carbocycles. The highest BCUT2D eigenvalue weighted by atomic mass is 35.5. The maximum absolute atomic E-state index is 12.7. The summed E-state index contributed by atoms with van der Waals surface area (Å²) in [7, 11) is 0. The van der Waals surface area contributed by atoms with Crippen LogP contribution in [0.15, 0.2) is 29.2 Å². The van der Waals surface area contributed by atoms with Gasteiger partial charge in [0.1, 0.15) is 5.60 Å². The van der Waals surface area contributed by atoms with E-state index in [9.17, 15) is 19.5 Å². The number of thioether (sulfide) groups is 1. The van der Waals surface area contributed by atoms with Gasteiger partial charge in [-0.25, -0.2) is 4.79 Å². The van der Waals surface area contributed by atoms with Crippen molar-refractivity contribution in [3.63, 3.8) is 0 Å². The lowest BCUT2D eigenvalue weighted by Gasteiger charge is -2.36. The molecule has 2 heterocycles.